The summed E-state index contributed by atoms with van der Waals surface area (Å²) < 4.78 is 0. The van der Waals surface area contributed by atoms with Gasteiger partial charge in [-0.25, -0.2) is 0 Å². The van der Waals surface area contributed by atoms with E-state index in [4.69, 9.17) is 16.7 Å². The number of nitrogens with zero attached hydrogens (tertiary/aromatic N) is 1. The van der Waals surface area contributed by atoms with Crippen LogP contribution in [0.2, 0.25) is 5.02 Å². The fraction of sp³-hybridized carbons (Fsp3) is 0.462. The molecule has 0 unspecified atom stereocenters. The van der Waals surface area contributed by atoms with Crippen molar-refractivity contribution in [3.63, 3.8) is 0 Å². The number of aliphatic hydroxyl groups excluding tert-OH is 1. The van der Waals surface area contributed by atoms with Gasteiger partial charge in [0.1, 0.15) is 5.75 Å². The molecule has 0 fully saturated rings. The van der Waals surface area contributed by atoms with Gasteiger partial charge in [0.15, 0.2) is 0 Å². The molecule has 0 aromatic heterocycles. The second-order valence-corrected chi connectivity index (χ2v) is 4.74. The van der Waals surface area contributed by atoms with Gasteiger partial charge in [-0.1, -0.05) is 11.6 Å². The Labute approximate surface area is 112 Å². The number of aliphatic hydroxyl groups is 1. The monoisotopic (exact) mass is 271 g/mol. The van der Waals surface area contributed by atoms with Crippen molar-refractivity contribution in [1.82, 2.24) is 4.90 Å². The number of phenolic OH excluding ortho intramolecular Hbond substituents is 1. The highest BCUT2D eigenvalue weighted by Crippen LogP contribution is 2.24. The Kier molecular flexibility index (Phi) is 5.44. The fourth-order valence-electron chi connectivity index (χ4n) is 1.64. The predicted octanol–water partition coefficient (Wildman–Crippen LogP) is 2.28. The summed E-state index contributed by atoms with van der Waals surface area (Å²) in [6.45, 7) is 4.37. The second kappa shape index (κ2) is 6.61. The zero-order valence-electron chi connectivity index (χ0n) is 10.6. The van der Waals surface area contributed by atoms with Crippen molar-refractivity contribution in [2.45, 2.75) is 26.3 Å². The van der Waals surface area contributed by atoms with E-state index >= 15 is 0 Å². The zero-order valence-corrected chi connectivity index (χ0v) is 11.3. The van der Waals surface area contributed by atoms with Crippen LogP contribution in [0.15, 0.2) is 18.2 Å². The van der Waals surface area contributed by atoms with E-state index in [2.05, 4.69) is 0 Å². The third-order valence-corrected chi connectivity index (χ3v) is 2.94. The molecular weight excluding hydrogens is 254 g/mol. The summed E-state index contributed by atoms with van der Waals surface area (Å²) in [5.41, 5.74) is 0.435. The molecule has 0 aliphatic rings. The summed E-state index contributed by atoms with van der Waals surface area (Å²) in [4.78, 5) is 13.9. The lowest BCUT2D eigenvalue weighted by Gasteiger charge is -2.26. The van der Waals surface area contributed by atoms with Gasteiger partial charge < -0.3 is 15.1 Å². The highest BCUT2D eigenvalue weighted by Gasteiger charge is 2.19. The van der Waals surface area contributed by atoms with Crippen LogP contribution in [-0.2, 0) is 0 Å². The Bertz CT molecular complexity index is 421. The summed E-state index contributed by atoms with van der Waals surface area (Å²) in [6, 6.07) is 4.43. The molecule has 1 amide bonds. The van der Waals surface area contributed by atoms with Crippen LogP contribution in [0.4, 0.5) is 0 Å². The standard InChI is InChI=1S/C13H18ClNO3/c1-9(2)15(6-3-7-16)13(18)10-4-5-12(17)11(14)8-10/h4-5,8-9,16-17H,3,6-7H2,1-2H3. The van der Waals surface area contributed by atoms with Crippen LogP contribution in [0, 0.1) is 0 Å². The molecule has 0 aliphatic carbocycles. The summed E-state index contributed by atoms with van der Waals surface area (Å²) in [5, 5.41) is 18.3. The smallest absolute Gasteiger partial charge is 0.254 e. The Hall–Kier alpha value is -1.26. The maximum absolute atomic E-state index is 12.3. The summed E-state index contributed by atoms with van der Waals surface area (Å²) >= 11 is 5.79. The van der Waals surface area contributed by atoms with Gasteiger partial charge in [0, 0.05) is 24.8 Å². The lowest BCUT2D eigenvalue weighted by molar-refractivity contribution is 0.0693. The van der Waals surface area contributed by atoms with Gasteiger partial charge in [0.2, 0.25) is 0 Å². The number of amides is 1. The summed E-state index contributed by atoms with van der Waals surface area (Å²) in [7, 11) is 0. The van der Waals surface area contributed by atoms with Crippen molar-refractivity contribution in [2.24, 2.45) is 0 Å². The number of hydrogen-bond acceptors (Lipinski definition) is 3. The number of rotatable bonds is 5. The number of carbonyl (C=O) groups is 1. The molecule has 4 nitrogen and oxygen atoms in total. The number of carbonyl (C=O) groups excluding carboxylic acids is 1. The van der Waals surface area contributed by atoms with Gasteiger partial charge in [-0.2, -0.15) is 0 Å². The second-order valence-electron chi connectivity index (χ2n) is 4.34. The Morgan fingerprint density at radius 1 is 1.44 bits per heavy atom. The van der Waals surface area contributed by atoms with E-state index in [-0.39, 0.29) is 29.3 Å². The Balaban J connectivity index is 2.91. The van der Waals surface area contributed by atoms with Gasteiger partial charge in [0.25, 0.3) is 5.91 Å². The van der Waals surface area contributed by atoms with E-state index in [9.17, 15) is 9.90 Å². The van der Waals surface area contributed by atoms with Crippen molar-refractivity contribution in [2.75, 3.05) is 13.2 Å². The molecule has 0 radical (unpaired) electrons. The van der Waals surface area contributed by atoms with Gasteiger partial charge >= 0.3 is 0 Å². The molecule has 0 saturated carbocycles. The van der Waals surface area contributed by atoms with Crippen LogP contribution in [0.3, 0.4) is 0 Å². The van der Waals surface area contributed by atoms with Crippen molar-refractivity contribution < 1.29 is 15.0 Å². The third kappa shape index (κ3) is 3.62. The van der Waals surface area contributed by atoms with Crippen LogP contribution in [0.5, 0.6) is 5.75 Å². The molecule has 0 atom stereocenters. The molecule has 18 heavy (non-hydrogen) atoms. The lowest BCUT2D eigenvalue weighted by atomic mass is 10.1. The first kappa shape index (κ1) is 14.8. The number of halogens is 1. The maximum atomic E-state index is 12.3. The quantitative estimate of drug-likeness (QED) is 0.864. The van der Waals surface area contributed by atoms with Crippen molar-refractivity contribution in [3.8, 4) is 5.75 Å². The molecule has 0 aliphatic heterocycles. The number of phenols is 1. The molecule has 0 heterocycles. The van der Waals surface area contributed by atoms with E-state index in [0.29, 0.717) is 18.5 Å². The average molecular weight is 272 g/mol. The van der Waals surface area contributed by atoms with Gasteiger partial charge in [-0.05, 0) is 38.5 Å². The van der Waals surface area contributed by atoms with E-state index in [1.165, 1.54) is 18.2 Å². The number of benzene rings is 1. The molecule has 1 aromatic carbocycles. The zero-order chi connectivity index (χ0) is 13.7. The van der Waals surface area contributed by atoms with Gasteiger partial charge in [-0.3, -0.25) is 4.79 Å². The topological polar surface area (TPSA) is 60.8 Å². The van der Waals surface area contributed by atoms with Gasteiger partial charge in [-0.15, -0.1) is 0 Å². The van der Waals surface area contributed by atoms with Crippen molar-refractivity contribution >= 4 is 17.5 Å². The highest BCUT2D eigenvalue weighted by atomic mass is 35.5. The number of hydrogen-bond donors (Lipinski definition) is 2. The molecule has 2 N–H and O–H groups in total. The maximum Gasteiger partial charge on any atom is 0.254 e. The van der Waals surface area contributed by atoms with Crippen LogP contribution in [-0.4, -0.2) is 40.2 Å². The van der Waals surface area contributed by atoms with Crippen LogP contribution in [0.1, 0.15) is 30.6 Å². The molecule has 100 valence electrons. The van der Waals surface area contributed by atoms with Crippen molar-refractivity contribution in [3.05, 3.63) is 28.8 Å². The van der Waals surface area contributed by atoms with E-state index < -0.39 is 0 Å². The Morgan fingerprint density at radius 3 is 2.61 bits per heavy atom. The Morgan fingerprint density at radius 2 is 2.11 bits per heavy atom. The SMILES string of the molecule is CC(C)N(CCCO)C(=O)c1ccc(O)c(Cl)c1. The van der Waals surface area contributed by atoms with E-state index in [1.807, 2.05) is 13.8 Å². The minimum atomic E-state index is -0.152. The molecule has 0 spiro atoms. The van der Waals surface area contributed by atoms with Crippen LogP contribution >= 0.6 is 11.6 Å². The fourth-order valence-corrected chi connectivity index (χ4v) is 1.82. The lowest BCUT2D eigenvalue weighted by Crippen LogP contribution is -2.38. The third-order valence-electron chi connectivity index (χ3n) is 2.64. The van der Waals surface area contributed by atoms with Gasteiger partial charge in [0.05, 0.1) is 5.02 Å². The molecule has 1 rings (SSSR count). The van der Waals surface area contributed by atoms with E-state index in [0.717, 1.165) is 0 Å². The molecular formula is C13H18ClNO3. The summed E-state index contributed by atoms with van der Waals surface area (Å²) in [6.07, 6.45) is 0.537. The van der Waals surface area contributed by atoms with Crippen LogP contribution in [0.25, 0.3) is 0 Å². The normalized spacial score (nSPS) is 10.7. The first-order valence-corrected chi connectivity index (χ1v) is 6.25. The van der Waals surface area contributed by atoms with Crippen LogP contribution < -0.4 is 0 Å². The first-order valence-electron chi connectivity index (χ1n) is 5.87. The average Bonchev–Trinajstić information content (AvgIpc) is 2.32. The molecule has 5 heteroatoms. The summed E-state index contributed by atoms with van der Waals surface area (Å²) in [5.74, 6) is -0.194. The minimum absolute atomic E-state index is 0.0385. The molecule has 1 aromatic rings. The number of aromatic hydroxyl groups is 1. The molecule has 0 saturated heterocycles. The van der Waals surface area contributed by atoms with E-state index in [1.54, 1.807) is 4.90 Å². The minimum Gasteiger partial charge on any atom is -0.506 e. The predicted molar refractivity (Wildman–Crippen MR) is 71.0 cm³/mol. The largest absolute Gasteiger partial charge is 0.506 e. The molecule has 0 bridgehead atoms. The highest BCUT2D eigenvalue weighted by molar-refractivity contribution is 6.32. The first-order chi connectivity index (χ1) is 8.47. The van der Waals surface area contributed by atoms with Crippen molar-refractivity contribution in [1.29, 1.82) is 0 Å².